The number of anilines is 1. The van der Waals surface area contributed by atoms with Crippen molar-refractivity contribution in [1.29, 1.82) is 0 Å². The Morgan fingerprint density at radius 1 is 1.75 bits per heavy atom. The van der Waals surface area contributed by atoms with Gasteiger partial charge < -0.3 is 10.5 Å². The molecule has 2 N–H and O–H groups in total. The highest BCUT2D eigenvalue weighted by molar-refractivity contribution is 9.10. The molecule has 0 amide bonds. The Morgan fingerprint density at radius 3 is 3.06 bits per heavy atom. The number of nitrogens with zero attached hydrogens (tertiary/aromatic N) is 1. The Hall–Kier alpha value is -1.43. The molecule has 1 rings (SSSR count). The average Bonchev–Trinajstić information content (AvgIpc) is 2.22. The summed E-state index contributed by atoms with van der Waals surface area (Å²) in [6, 6.07) is 1.13. The van der Waals surface area contributed by atoms with Gasteiger partial charge in [-0.05, 0) is 28.9 Å². The molecule has 1 aromatic heterocycles. The van der Waals surface area contributed by atoms with Crippen molar-refractivity contribution in [1.82, 2.24) is 4.98 Å². The molecule has 0 atom stereocenters. The normalized spacial score (nSPS) is 10.7. The Labute approximate surface area is 100 Å². The highest BCUT2D eigenvalue weighted by Gasteiger charge is 2.05. The number of ether oxygens (including phenoxy) is 1. The summed E-state index contributed by atoms with van der Waals surface area (Å²) >= 11 is 2.93. The van der Waals surface area contributed by atoms with E-state index in [9.17, 15) is 9.18 Å². The van der Waals surface area contributed by atoms with Gasteiger partial charge in [-0.25, -0.2) is 14.2 Å². The molecule has 0 bridgehead atoms. The van der Waals surface area contributed by atoms with Crippen LogP contribution in [0.15, 0.2) is 16.7 Å². The number of carbonyl (C=O) groups excluding carboxylic acids is 1. The first-order valence-corrected chi connectivity index (χ1v) is 5.30. The third-order valence-corrected chi connectivity index (χ3v) is 2.21. The van der Waals surface area contributed by atoms with E-state index in [-0.39, 0.29) is 10.3 Å². The average molecular weight is 289 g/mol. The van der Waals surface area contributed by atoms with E-state index in [4.69, 9.17) is 5.73 Å². The number of hydrogen-bond donors (Lipinski definition) is 1. The van der Waals surface area contributed by atoms with Gasteiger partial charge in [0.25, 0.3) is 0 Å². The SMILES string of the molecule is CCOC(=O)/C=C/c1nc(Br)c(F)cc1N. The van der Waals surface area contributed by atoms with Crippen LogP contribution in [-0.4, -0.2) is 17.6 Å². The monoisotopic (exact) mass is 288 g/mol. The number of pyridine rings is 1. The van der Waals surface area contributed by atoms with Crippen LogP contribution < -0.4 is 5.73 Å². The molecular formula is C10H10BrFN2O2. The number of nitrogen functional groups attached to an aromatic ring is 1. The lowest BCUT2D eigenvalue weighted by Crippen LogP contribution is -2.00. The van der Waals surface area contributed by atoms with Crippen molar-refractivity contribution in [2.45, 2.75) is 6.92 Å². The number of carbonyl (C=O) groups is 1. The molecule has 0 spiro atoms. The zero-order valence-corrected chi connectivity index (χ0v) is 10.1. The number of halogens is 2. The molecular weight excluding hydrogens is 279 g/mol. The van der Waals surface area contributed by atoms with Gasteiger partial charge in [-0.15, -0.1) is 0 Å². The Balaban J connectivity index is 2.89. The van der Waals surface area contributed by atoms with Crippen LogP contribution in [0.4, 0.5) is 10.1 Å². The highest BCUT2D eigenvalue weighted by Crippen LogP contribution is 2.19. The molecule has 0 aliphatic rings. The van der Waals surface area contributed by atoms with Gasteiger partial charge >= 0.3 is 5.97 Å². The number of rotatable bonds is 3. The van der Waals surface area contributed by atoms with E-state index in [2.05, 4.69) is 25.7 Å². The topological polar surface area (TPSA) is 65.2 Å². The summed E-state index contributed by atoms with van der Waals surface area (Å²) < 4.78 is 17.7. The van der Waals surface area contributed by atoms with E-state index in [0.717, 1.165) is 6.07 Å². The fourth-order valence-corrected chi connectivity index (χ4v) is 1.27. The van der Waals surface area contributed by atoms with Gasteiger partial charge in [0.05, 0.1) is 18.0 Å². The van der Waals surface area contributed by atoms with Gasteiger partial charge in [0, 0.05) is 12.1 Å². The predicted molar refractivity (Wildman–Crippen MR) is 62.0 cm³/mol. The van der Waals surface area contributed by atoms with Crippen molar-refractivity contribution in [2.75, 3.05) is 12.3 Å². The molecule has 0 aliphatic carbocycles. The number of aromatic nitrogens is 1. The third-order valence-electron chi connectivity index (χ3n) is 1.66. The van der Waals surface area contributed by atoms with Crippen molar-refractivity contribution in [3.8, 4) is 0 Å². The second-order valence-corrected chi connectivity index (χ2v) is 3.57. The molecule has 4 nitrogen and oxygen atoms in total. The van der Waals surface area contributed by atoms with E-state index in [0.29, 0.717) is 12.3 Å². The van der Waals surface area contributed by atoms with Gasteiger partial charge in [0.1, 0.15) is 4.60 Å². The van der Waals surface area contributed by atoms with Gasteiger partial charge in [0.15, 0.2) is 5.82 Å². The van der Waals surface area contributed by atoms with Crippen LogP contribution in [0, 0.1) is 5.82 Å². The molecule has 0 aliphatic heterocycles. The highest BCUT2D eigenvalue weighted by atomic mass is 79.9. The van der Waals surface area contributed by atoms with Crippen molar-refractivity contribution in [3.63, 3.8) is 0 Å². The number of esters is 1. The van der Waals surface area contributed by atoms with Crippen LogP contribution in [0.1, 0.15) is 12.6 Å². The summed E-state index contributed by atoms with van der Waals surface area (Å²) in [5.74, 6) is -1.05. The van der Waals surface area contributed by atoms with Crippen molar-refractivity contribution in [3.05, 3.63) is 28.3 Å². The first-order chi connectivity index (χ1) is 7.54. The summed E-state index contributed by atoms with van der Waals surface area (Å²) in [5, 5.41) is 0. The van der Waals surface area contributed by atoms with Gasteiger partial charge in [0.2, 0.25) is 0 Å². The van der Waals surface area contributed by atoms with Crippen LogP contribution in [0.3, 0.4) is 0 Å². The quantitative estimate of drug-likeness (QED) is 0.526. The van der Waals surface area contributed by atoms with E-state index >= 15 is 0 Å². The molecule has 0 aromatic carbocycles. The van der Waals surface area contributed by atoms with Gasteiger partial charge in [-0.2, -0.15) is 0 Å². The second kappa shape index (κ2) is 5.60. The zero-order valence-electron chi connectivity index (χ0n) is 8.54. The lowest BCUT2D eigenvalue weighted by Gasteiger charge is -2.01. The maximum atomic E-state index is 13.0. The summed E-state index contributed by atoms with van der Waals surface area (Å²) in [7, 11) is 0. The standard InChI is InChI=1S/C10H10BrFN2O2/c1-2-16-9(15)4-3-8-7(13)5-6(12)10(11)14-8/h3-5H,2,13H2,1H3/b4-3+. The van der Waals surface area contributed by atoms with Crippen molar-refractivity contribution < 1.29 is 13.9 Å². The summed E-state index contributed by atoms with van der Waals surface area (Å²) in [4.78, 5) is 14.8. The lowest BCUT2D eigenvalue weighted by atomic mass is 10.3. The molecule has 0 fully saturated rings. The summed E-state index contributed by atoms with van der Waals surface area (Å²) in [6.07, 6.45) is 2.56. The molecule has 1 heterocycles. The van der Waals surface area contributed by atoms with Crippen molar-refractivity contribution >= 4 is 33.7 Å². The van der Waals surface area contributed by atoms with E-state index in [1.165, 1.54) is 12.2 Å². The van der Waals surface area contributed by atoms with Crippen molar-refractivity contribution in [2.24, 2.45) is 0 Å². The molecule has 16 heavy (non-hydrogen) atoms. The van der Waals surface area contributed by atoms with E-state index in [1.807, 2.05) is 0 Å². The minimum absolute atomic E-state index is 0.0465. The predicted octanol–water partition coefficient (Wildman–Crippen LogP) is 2.14. The smallest absolute Gasteiger partial charge is 0.330 e. The summed E-state index contributed by atoms with van der Waals surface area (Å²) in [5.41, 5.74) is 5.98. The fourth-order valence-electron chi connectivity index (χ4n) is 0.965. The van der Waals surface area contributed by atoms with Crippen LogP contribution in [0.5, 0.6) is 0 Å². The zero-order chi connectivity index (χ0) is 12.1. The van der Waals surface area contributed by atoms with Crippen LogP contribution >= 0.6 is 15.9 Å². The third kappa shape index (κ3) is 3.30. The molecule has 0 saturated carbocycles. The number of nitrogens with two attached hydrogens (primary N) is 1. The summed E-state index contributed by atoms with van der Waals surface area (Å²) in [6.45, 7) is 1.99. The van der Waals surface area contributed by atoms with Crippen LogP contribution in [0.2, 0.25) is 0 Å². The second-order valence-electron chi connectivity index (χ2n) is 2.82. The molecule has 0 saturated heterocycles. The van der Waals surface area contributed by atoms with Gasteiger partial charge in [-0.3, -0.25) is 0 Å². The molecule has 1 aromatic rings. The Kier molecular flexibility index (Phi) is 4.42. The van der Waals surface area contributed by atoms with E-state index in [1.54, 1.807) is 6.92 Å². The van der Waals surface area contributed by atoms with Gasteiger partial charge in [-0.1, -0.05) is 0 Å². The van der Waals surface area contributed by atoms with E-state index < -0.39 is 11.8 Å². The van der Waals surface area contributed by atoms with Crippen LogP contribution in [-0.2, 0) is 9.53 Å². The lowest BCUT2D eigenvalue weighted by molar-refractivity contribution is -0.137. The Bertz CT molecular complexity index is 435. The number of hydrogen-bond acceptors (Lipinski definition) is 4. The molecule has 6 heteroatoms. The molecule has 0 unspecified atom stereocenters. The largest absolute Gasteiger partial charge is 0.463 e. The fraction of sp³-hybridized carbons (Fsp3) is 0.200. The first kappa shape index (κ1) is 12.6. The molecule has 86 valence electrons. The molecule has 0 radical (unpaired) electrons. The first-order valence-electron chi connectivity index (χ1n) is 4.51. The maximum Gasteiger partial charge on any atom is 0.330 e. The minimum atomic E-state index is -0.550. The Morgan fingerprint density at radius 2 is 2.44 bits per heavy atom. The maximum absolute atomic E-state index is 13.0. The minimum Gasteiger partial charge on any atom is -0.463 e. The van der Waals surface area contributed by atoms with Crippen LogP contribution in [0.25, 0.3) is 6.08 Å².